The standard InChI is InChI=1S/C11H18O/c1-2-4-10-7-11(8-12-11)6-5-9(10)3-1/h9-10H,1-8H2/t9-,10+,11+/m1/s1. The lowest BCUT2D eigenvalue weighted by atomic mass is 9.67. The average Bonchev–Trinajstić information content (AvgIpc) is 2.85. The predicted octanol–water partition coefficient (Wildman–Crippen LogP) is 2.75. The Kier molecular flexibility index (Phi) is 1.52. The second kappa shape index (κ2) is 2.47. The maximum atomic E-state index is 5.59. The first kappa shape index (κ1) is 7.37. The van der Waals surface area contributed by atoms with E-state index in [4.69, 9.17) is 4.74 Å². The Morgan fingerprint density at radius 2 is 1.75 bits per heavy atom. The highest BCUT2D eigenvalue weighted by Crippen LogP contribution is 2.50. The van der Waals surface area contributed by atoms with Gasteiger partial charge < -0.3 is 4.74 Å². The van der Waals surface area contributed by atoms with Crippen LogP contribution in [0.4, 0.5) is 0 Å². The number of fused-ring (bicyclic) bond motifs is 1. The first-order valence-corrected chi connectivity index (χ1v) is 5.52. The molecule has 3 aliphatic rings. The summed E-state index contributed by atoms with van der Waals surface area (Å²) in [5.74, 6) is 2.11. The summed E-state index contributed by atoms with van der Waals surface area (Å²) in [7, 11) is 0. The molecule has 1 heteroatoms. The zero-order valence-corrected chi connectivity index (χ0v) is 7.72. The van der Waals surface area contributed by atoms with Crippen LogP contribution in [0.25, 0.3) is 0 Å². The van der Waals surface area contributed by atoms with Crippen molar-refractivity contribution in [1.82, 2.24) is 0 Å². The lowest BCUT2D eigenvalue weighted by molar-refractivity contribution is 0.101. The lowest BCUT2D eigenvalue weighted by Gasteiger charge is -2.38. The van der Waals surface area contributed by atoms with Crippen LogP contribution in [0.1, 0.15) is 44.9 Å². The molecule has 1 aliphatic heterocycles. The van der Waals surface area contributed by atoms with Gasteiger partial charge in [-0.1, -0.05) is 25.7 Å². The van der Waals surface area contributed by atoms with E-state index in [1.165, 1.54) is 44.9 Å². The van der Waals surface area contributed by atoms with Crippen molar-refractivity contribution >= 4 is 0 Å². The second-order valence-electron chi connectivity index (χ2n) is 5.02. The smallest absolute Gasteiger partial charge is 0.0919 e. The highest BCUT2D eigenvalue weighted by molar-refractivity contribution is 4.99. The average molecular weight is 166 g/mol. The number of hydrogen-bond donors (Lipinski definition) is 0. The molecule has 0 N–H and O–H groups in total. The fraction of sp³-hybridized carbons (Fsp3) is 1.00. The van der Waals surface area contributed by atoms with Crippen molar-refractivity contribution in [2.45, 2.75) is 50.5 Å². The molecular formula is C11H18O. The van der Waals surface area contributed by atoms with Crippen LogP contribution in [0.5, 0.6) is 0 Å². The minimum atomic E-state index is 0.415. The van der Waals surface area contributed by atoms with Gasteiger partial charge in [-0.3, -0.25) is 0 Å². The van der Waals surface area contributed by atoms with Crippen molar-refractivity contribution < 1.29 is 4.74 Å². The molecule has 0 amide bonds. The van der Waals surface area contributed by atoms with E-state index in [2.05, 4.69) is 0 Å². The number of ether oxygens (including phenoxy) is 1. The molecule has 0 aromatic rings. The van der Waals surface area contributed by atoms with Gasteiger partial charge in [0.05, 0.1) is 12.2 Å². The summed E-state index contributed by atoms with van der Waals surface area (Å²) in [5.41, 5.74) is 0.415. The van der Waals surface area contributed by atoms with Crippen LogP contribution in [0.15, 0.2) is 0 Å². The number of hydrogen-bond acceptors (Lipinski definition) is 1. The van der Waals surface area contributed by atoms with E-state index in [0.29, 0.717) is 5.60 Å². The van der Waals surface area contributed by atoms with Gasteiger partial charge in [0, 0.05) is 0 Å². The third kappa shape index (κ3) is 1.10. The summed E-state index contributed by atoms with van der Waals surface area (Å²) in [6.45, 7) is 1.08. The molecule has 1 saturated heterocycles. The van der Waals surface area contributed by atoms with Crippen LogP contribution in [0.3, 0.4) is 0 Å². The van der Waals surface area contributed by atoms with E-state index in [0.717, 1.165) is 18.4 Å². The first-order chi connectivity index (χ1) is 5.88. The van der Waals surface area contributed by atoms with E-state index in [-0.39, 0.29) is 0 Å². The highest BCUT2D eigenvalue weighted by Gasteiger charge is 2.50. The monoisotopic (exact) mass is 166 g/mol. The van der Waals surface area contributed by atoms with Crippen molar-refractivity contribution in [3.8, 4) is 0 Å². The van der Waals surface area contributed by atoms with Crippen LogP contribution in [0.2, 0.25) is 0 Å². The molecule has 0 unspecified atom stereocenters. The molecule has 0 aromatic carbocycles. The Bertz CT molecular complexity index is 183. The third-order valence-corrected chi connectivity index (χ3v) is 4.22. The molecule has 1 heterocycles. The van der Waals surface area contributed by atoms with Crippen molar-refractivity contribution in [2.24, 2.45) is 11.8 Å². The maximum absolute atomic E-state index is 5.59. The van der Waals surface area contributed by atoms with Gasteiger partial charge in [-0.15, -0.1) is 0 Å². The van der Waals surface area contributed by atoms with Gasteiger partial charge in [0.25, 0.3) is 0 Å². The molecule has 0 aromatic heterocycles. The normalized spacial score (nSPS) is 52.0. The third-order valence-electron chi connectivity index (χ3n) is 4.22. The minimum absolute atomic E-state index is 0.415. The lowest BCUT2D eigenvalue weighted by Crippen LogP contribution is -2.32. The van der Waals surface area contributed by atoms with Gasteiger partial charge in [0.2, 0.25) is 0 Å². The van der Waals surface area contributed by atoms with Gasteiger partial charge in [0.15, 0.2) is 0 Å². The highest BCUT2D eigenvalue weighted by atomic mass is 16.6. The Morgan fingerprint density at radius 1 is 1.00 bits per heavy atom. The van der Waals surface area contributed by atoms with E-state index in [1.807, 2.05) is 0 Å². The Balaban J connectivity index is 1.70. The Morgan fingerprint density at radius 3 is 2.50 bits per heavy atom. The summed E-state index contributed by atoms with van der Waals surface area (Å²) in [4.78, 5) is 0. The molecule has 1 spiro atoms. The van der Waals surface area contributed by atoms with E-state index >= 15 is 0 Å². The topological polar surface area (TPSA) is 12.5 Å². The predicted molar refractivity (Wildman–Crippen MR) is 48.0 cm³/mol. The SMILES string of the molecule is C1CC[C@H]2C[C@@]3(CC[C@H]2C1)CO3. The van der Waals surface area contributed by atoms with E-state index in [9.17, 15) is 0 Å². The van der Waals surface area contributed by atoms with Crippen molar-refractivity contribution in [3.05, 3.63) is 0 Å². The summed E-state index contributed by atoms with van der Waals surface area (Å²) in [6.07, 6.45) is 10.2. The number of epoxide rings is 1. The molecular weight excluding hydrogens is 148 g/mol. The van der Waals surface area contributed by atoms with Crippen molar-refractivity contribution in [1.29, 1.82) is 0 Å². The Hall–Kier alpha value is -0.0400. The molecule has 68 valence electrons. The van der Waals surface area contributed by atoms with Crippen LogP contribution in [-0.2, 0) is 4.74 Å². The summed E-state index contributed by atoms with van der Waals surface area (Å²) < 4.78 is 5.59. The molecule has 1 nitrogen and oxygen atoms in total. The molecule has 12 heavy (non-hydrogen) atoms. The van der Waals surface area contributed by atoms with Gasteiger partial charge in [0.1, 0.15) is 0 Å². The fourth-order valence-electron chi connectivity index (χ4n) is 3.33. The van der Waals surface area contributed by atoms with Crippen LogP contribution in [-0.4, -0.2) is 12.2 Å². The van der Waals surface area contributed by atoms with E-state index in [1.54, 1.807) is 0 Å². The van der Waals surface area contributed by atoms with E-state index < -0.39 is 0 Å². The van der Waals surface area contributed by atoms with Gasteiger partial charge in [-0.25, -0.2) is 0 Å². The maximum Gasteiger partial charge on any atom is 0.0919 e. The molecule has 3 fully saturated rings. The summed E-state index contributed by atoms with van der Waals surface area (Å²) >= 11 is 0. The molecule has 2 saturated carbocycles. The van der Waals surface area contributed by atoms with Crippen LogP contribution < -0.4 is 0 Å². The van der Waals surface area contributed by atoms with Gasteiger partial charge in [-0.05, 0) is 31.1 Å². The summed E-state index contributed by atoms with van der Waals surface area (Å²) in [5, 5.41) is 0. The molecule has 3 atom stereocenters. The second-order valence-corrected chi connectivity index (χ2v) is 5.02. The van der Waals surface area contributed by atoms with Gasteiger partial charge >= 0.3 is 0 Å². The zero-order chi connectivity index (χ0) is 8.02. The van der Waals surface area contributed by atoms with Crippen LogP contribution in [0, 0.1) is 11.8 Å². The molecule has 2 aliphatic carbocycles. The zero-order valence-electron chi connectivity index (χ0n) is 7.72. The van der Waals surface area contributed by atoms with Crippen molar-refractivity contribution in [3.63, 3.8) is 0 Å². The number of rotatable bonds is 0. The minimum Gasteiger partial charge on any atom is -0.370 e. The quantitative estimate of drug-likeness (QED) is 0.504. The van der Waals surface area contributed by atoms with Crippen molar-refractivity contribution in [2.75, 3.05) is 6.61 Å². The molecule has 0 radical (unpaired) electrons. The van der Waals surface area contributed by atoms with Crippen LogP contribution >= 0.6 is 0 Å². The first-order valence-electron chi connectivity index (χ1n) is 5.52. The largest absolute Gasteiger partial charge is 0.370 e. The van der Waals surface area contributed by atoms with Gasteiger partial charge in [-0.2, -0.15) is 0 Å². The summed E-state index contributed by atoms with van der Waals surface area (Å²) in [6, 6.07) is 0. The Labute approximate surface area is 74.5 Å². The molecule has 0 bridgehead atoms. The fourth-order valence-corrected chi connectivity index (χ4v) is 3.33. The molecule has 3 rings (SSSR count).